The maximum absolute atomic E-state index is 10.9. The second-order valence-corrected chi connectivity index (χ2v) is 3.55. The molecule has 0 amide bonds. The van der Waals surface area contributed by atoms with Crippen molar-refractivity contribution in [2.45, 2.75) is 45.3 Å². The molecule has 3 nitrogen and oxygen atoms in total. The Morgan fingerprint density at radius 2 is 2.36 bits per heavy atom. The zero-order chi connectivity index (χ0) is 10.4. The number of rotatable bonds is 5. The first-order valence-electron chi connectivity index (χ1n) is 5.20. The lowest BCUT2D eigenvalue weighted by Crippen LogP contribution is -2.33. The second kappa shape index (κ2) is 5.15. The SMILES string of the molecule is CCCCOC1(OC(C)=O)C=CCC1. The van der Waals surface area contributed by atoms with Crippen molar-refractivity contribution in [3.8, 4) is 0 Å². The molecule has 3 heteroatoms. The van der Waals surface area contributed by atoms with Crippen LogP contribution in [0.4, 0.5) is 0 Å². The fraction of sp³-hybridized carbons (Fsp3) is 0.727. The van der Waals surface area contributed by atoms with Gasteiger partial charge in [0.1, 0.15) is 0 Å². The van der Waals surface area contributed by atoms with Crippen molar-refractivity contribution in [1.82, 2.24) is 0 Å². The highest BCUT2D eigenvalue weighted by Gasteiger charge is 2.33. The third-order valence-corrected chi connectivity index (χ3v) is 2.19. The summed E-state index contributed by atoms with van der Waals surface area (Å²) in [7, 11) is 0. The minimum Gasteiger partial charge on any atom is -0.429 e. The Bertz CT molecular complexity index is 223. The lowest BCUT2D eigenvalue weighted by atomic mass is 10.2. The second-order valence-electron chi connectivity index (χ2n) is 3.55. The fourth-order valence-electron chi connectivity index (χ4n) is 1.50. The van der Waals surface area contributed by atoms with Crippen LogP contribution in [0.1, 0.15) is 39.5 Å². The molecule has 0 saturated carbocycles. The Labute approximate surface area is 85.1 Å². The predicted molar refractivity (Wildman–Crippen MR) is 53.7 cm³/mol. The van der Waals surface area contributed by atoms with Gasteiger partial charge in [-0.2, -0.15) is 0 Å². The van der Waals surface area contributed by atoms with E-state index in [9.17, 15) is 4.79 Å². The molecule has 14 heavy (non-hydrogen) atoms. The molecule has 1 aliphatic carbocycles. The van der Waals surface area contributed by atoms with E-state index in [4.69, 9.17) is 9.47 Å². The van der Waals surface area contributed by atoms with Gasteiger partial charge in [-0.25, -0.2) is 0 Å². The maximum Gasteiger partial charge on any atom is 0.305 e. The van der Waals surface area contributed by atoms with Crippen LogP contribution in [0.5, 0.6) is 0 Å². The Morgan fingerprint density at radius 1 is 1.57 bits per heavy atom. The monoisotopic (exact) mass is 198 g/mol. The molecule has 1 atom stereocenters. The summed E-state index contributed by atoms with van der Waals surface area (Å²) >= 11 is 0. The van der Waals surface area contributed by atoms with Gasteiger partial charge in [0, 0.05) is 13.3 Å². The van der Waals surface area contributed by atoms with Gasteiger partial charge in [0.05, 0.1) is 6.61 Å². The van der Waals surface area contributed by atoms with Crippen LogP contribution in [-0.4, -0.2) is 18.4 Å². The van der Waals surface area contributed by atoms with Gasteiger partial charge >= 0.3 is 5.97 Å². The average Bonchev–Trinajstić information content (AvgIpc) is 2.53. The number of hydrogen-bond donors (Lipinski definition) is 0. The highest BCUT2D eigenvalue weighted by atomic mass is 16.7. The van der Waals surface area contributed by atoms with Crippen LogP contribution in [-0.2, 0) is 14.3 Å². The molecule has 0 bridgehead atoms. The Balaban J connectivity index is 2.45. The number of ether oxygens (including phenoxy) is 2. The van der Waals surface area contributed by atoms with Gasteiger partial charge in [-0.1, -0.05) is 19.4 Å². The van der Waals surface area contributed by atoms with E-state index in [1.165, 1.54) is 6.92 Å². The normalized spacial score (nSPS) is 25.3. The highest BCUT2D eigenvalue weighted by molar-refractivity contribution is 5.66. The summed E-state index contributed by atoms with van der Waals surface area (Å²) in [4.78, 5) is 10.9. The van der Waals surface area contributed by atoms with E-state index in [-0.39, 0.29) is 5.97 Å². The van der Waals surface area contributed by atoms with E-state index < -0.39 is 5.79 Å². The van der Waals surface area contributed by atoms with Crippen molar-refractivity contribution in [3.05, 3.63) is 12.2 Å². The standard InChI is InChI=1S/C11H18O3/c1-3-4-9-13-11(14-10(2)12)7-5-6-8-11/h5,7H,3-4,6,8-9H2,1-2H3. The molecule has 0 spiro atoms. The lowest BCUT2D eigenvalue weighted by Gasteiger charge is -2.26. The van der Waals surface area contributed by atoms with Crippen LogP contribution in [0.3, 0.4) is 0 Å². The van der Waals surface area contributed by atoms with Crippen LogP contribution in [0.2, 0.25) is 0 Å². The first-order valence-corrected chi connectivity index (χ1v) is 5.20. The molecule has 0 heterocycles. The van der Waals surface area contributed by atoms with Crippen molar-refractivity contribution in [3.63, 3.8) is 0 Å². The molecular formula is C11H18O3. The summed E-state index contributed by atoms with van der Waals surface area (Å²) in [5.41, 5.74) is 0. The minimum absolute atomic E-state index is 0.284. The Kier molecular flexibility index (Phi) is 4.14. The molecule has 1 aliphatic rings. The summed E-state index contributed by atoms with van der Waals surface area (Å²) in [5, 5.41) is 0. The van der Waals surface area contributed by atoms with Crippen molar-refractivity contribution in [2.24, 2.45) is 0 Å². The molecule has 0 aromatic rings. The van der Waals surface area contributed by atoms with E-state index in [0.717, 1.165) is 25.7 Å². The zero-order valence-corrected chi connectivity index (χ0v) is 8.91. The predicted octanol–water partition coefficient (Wildman–Crippen LogP) is 2.41. The lowest BCUT2D eigenvalue weighted by molar-refractivity contribution is -0.207. The van der Waals surface area contributed by atoms with E-state index in [0.29, 0.717) is 6.61 Å². The van der Waals surface area contributed by atoms with Crippen molar-refractivity contribution in [2.75, 3.05) is 6.61 Å². The van der Waals surface area contributed by atoms with Crippen molar-refractivity contribution >= 4 is 5.97 Å². The van der Waals surface area contributed by atoms with Crippen LogP contribution < -0.4 is 0 Å². The van der Waals surface area contributed by atoms with Crippen molar-refractivity contribution < 1.29 is 14.3 Å². The van der Waals surface area contributed by atoms with E-state index in [1.54, 1.807) is 0 Å². The summed E-state index contributed by atoms with van der Waals surface area (Å²) in [6.45, 7) is 4.16. The molecule has 1 unspecified atom stereocenters. The quantitative estimate of drug-likeness (QED) is 0.294. The minimum atomic E-state index is -0.763. The summed E-state index contributed by atoms with van der Waals surface area (Å²) < 4.78 is 10.8. The van der Waals surface area contributed by atoms with Crippen LogP contribution in [0.15, 0.2) is 12.2 Å². The smallest absolute Gasteiger partial charge is 0.305 e. The topological polar surface area (TPSA) is 35.5 Å². The first-order chi connectivity index (χ1) is 6.68. The van der Waals surface area contributed by atoms with Crippen molar-refractivity contribution in [1.29, 1.82) is 0 Å². The number of allylic oxidation sites excluding steroid dienone is 1. The molecule has 80 valence electrons. The van der Waals surface area contributed by atoms with Gasteiger partial charge in [-0.05, 0) is 18.9 Å². The van der Waals surface area contributed by atoms with Gasteiger partial charge in [0.15, 0.2) is 0 Å². The van der Waals surface area contributed by atoms with Gasteiger partial charge in [0.2, 0.25) is 5.79 Å². The summed E-state index contributed by atoms with van der Waals surface area (Å²) in [6.07, 6.45) is 7.59. The third-order valence-electron chi connectivity index (χ3n) is 2.19. The summed E-state index contributed by atoms with van der Waals surface area (Å²) in [6, 6.07) is 0. The molecule has 0 fully saturated rings. The highest BCUT2D eigenvalue weighted by Crippen LogP contribution is 2.28. The number of carbonyl (C=O) groups excluding carboxylic acids is 1. The van der Waals surface area contributed by atoms with E-state index in [2.05, 4.69) is 6.92 Å². The largest absolute Gasteiger partial charge is 0.429 e. The molecule has 1 rings (SSSR count). The molecular weight excluding hydrogens is 180 g/mol. The first kappa shape index (κ1) is 11.2. The average molecular weight is 198 g/mol. The molecule has 0 aromatic carbocycles. The van der Waals surface area contributed by atoms with Gasteiger partial charge in [-0.15, -0.1) is 0 Å². The molecule has 0 N–H and O–H groups in total. The van der Waals surface area contributed by atoms with Gasteiger partial charge in [-0.3, -0.25) is 4.79 Å². The molecule has 0 aromatic heterocycles. The Hall–Kier alpha value is -0.830. The fourth-order valence-corrected chi connectivity index (χ4v) is 1.50. The van der Waals surface area contributed by atoms with Gasteiger partial charge < -0.3 is 9.47 Å². The number of esters is 1. The number of hydrogen-bond acceptors (Lipinski definition) is 3. The Morgan fingerprint density at radius 3 is 2.86 bits per heavy atom. The van der Waals surface area contributed by atoms with E-state index in [1.807, 2.05) is 12.2 Å². The third kappa shape index (κ3) is 3.14. The maximum atomic E-state index is 10.9. The van der Waals surface area contributed by atoms with E-state index >= 15 is 0 Å². The van der Waals surface area contributed by atoms with Crippen LogP contribution in [0.25, 0.3) is 0 Å². The number of carbonyl (C=O) groups is 1. The number of unbranched alkanes of at least 4 members (excludes halogenated alkanes) is 1. The summed E-state index contributed by atoms with van der Waals surface area (Å²) in [5.74, 6) is -1.05. The molecule has 0 aliphatic heterocycles. The zero-order valence-electron chi connectivity index (χ0n) is 8.91. The molecule has 0 radical (unpaired) electrons. The molecule has 0 saturated heterocycles. The van der Waals surface area contributed by atoms with Gasteiger partial charge in [0.25, 0.3) is 0 Å². The van der Waals surface area contributed by atoms with Crippen LogP contribution in [0, 0.1) is 0 Å². The van der Waals surface area contributed by atoms with Crippen LogP contribution >= 0.6 is 0 Å².